The van der Waals surface area contributed by atoms with Crippen molar-refractivity contribution >= 4 is 10.8 Å². The molecule has 26 heavy (non-hydrogen) atoms. The molecule has 2 aromatic carbocycles. The second kappa shape index (κ2) is 7.95. The number of hydrogen-bond donors (Lipinski definition) is 1. The Balaban J connectivity index is 1.43. The highest BCUT2D eigenvalue weighted by molar-refractivity contribution is 5.84. The zero-order chi connectivity index (χ0) is 17.9. The van der Waals surface area contributed by atoms with Gasteiger partial charge in [-0.05, 0) is 66.1 Å². The van der Waals surface area contributed by atoms with E-state index in [9.17, 15) is 0 Å². The van der Waals surface area contributed by atoms with Crippen molar-refractivity contribution in [3.63, 3.8) is 0 Å². The summed E-state index contributed by atoms with van der Waals surface area (Å²) in [4.78, 5) is 2.59. The maximum absolute atomic E-state index is 6.11. The average molecular weight is 354 g/mol. The standard InChI is InChI=1S/C22H30N2O2/c1-25-21-9-6-17-12-19(5-4-18(17)13-21)22-15-24(10-11-26-22)14-16-2-7-20(23)8-3-16/h4-6,9,12-13,16,20,22H,2-3,7-8,10-11,14-15,23H2,1H3/t16?,20?,22-/m0/s1. The second-order valence-corrected chi connectivity index (χ2v) is 7.87. The molecule has 1 atom stereocenters. The van der Waals surface area contributed by atoms with E-state index in [4.69, 9.17) is 15.2 Å². The van der Waals surface area contributed by atoms with Crippen LogP contribution in [-0.2, 0) is 4.74 Å². The first-order valence-electron chi connectivity index (χ1n) is 9.88. The Hall–Kier alpha value is -1.62. The molecule has 2 aromatic rings. The molecule has 0 radical (unpaired) electrons. The van der Waals surface area contributed by atoms with Gasteiger partial charge in [-0.3, -0.25) is 4.90 Å². The third kappa shape index (κ3) is 4.03. The van der Waals surface area contributed by atoms with Gasteiger partial charge in [-0.15, -0.1) is 0 Å². The molecule has 0 aromatic heterocycles. The predicted molar refractivity (Wildman–Crippen MR) is 106 cm³/mol. The Labute approximate surface area is 156 Å². The number of ether oxygens (including phenoxy) is 2. The van der Waals surface area contributed by atoms with Crippen LogP contribution in [0.25, 0.3) is 10.8 Å². The lowest BCUT2D eigenvalue weighted by Gasteiger charge is -2.37. The van der Waals surface area contributed by atoms with Crippen molar-refractivity contribution < 1.29 is 9.47 Å². The van der Waals surface area contributed by atoms with Crippen molar-refractivity contribution in [3.8, 4) is 5.75 Å². The number of rotatable bonds is 4. The molecule has 0 unspecified atom stereocenters. The number of morpholine rings is 1. The van der Waals surface area contributed by atoms with E-state index in [1.807, 2.05) is 6.07 Å². The molecular formula is C22H30N2O2. The first-order valence-corrected chi connectivity index (χ1v) is 9.88. The summed E-state index contributed by atoms with van der Waals surface area (Å²) in [6.45, 7) is 4.04. The van der Waals surface area contributed by atoms with Crippen molar-refractivity contribution in [2.75, 3.05) is 33.4 Å². The van der Waals surface area contributed by atoms with Crippen LogP contribution in [0.1, 0.15) is 37.4 Å². The molecule has 2 N–H and O–H groups in total. The third-order valence-corrected chi connectivity index (χ3v) is 6.00. The maximum Gasteiger partial charge on any atom is 0.119 e. The molecule has 0 bridgehead atoms. The molecule has 140 valence electrons. The van der Waals surface area contributed by atoms with Crippen LogP contribution in [0.15, 0.2) is 36.4 Å². The molecule has 0 spiro atoms. The number of methoxy groups -OCH3 is 1. The van der Waals surface area contributed by atoms with Gasteiger partial charge in [-0.2, -0.15) is 0 Å². The van der Waals surface area contributed by atoms with Crippen molar-refractivity contribution in [2.45, 2.75) is 37.8 Å². The first kappa shape index (κ1) is 17.8. The summed E-state index contributed by atoms with van der Waals surface area (Å²) >= 11 is 0. The molecule has 4 nitrogen and oxygen atoms in total. The van der Waals surface area contributed by atoms with Gasteiger partial charge in [0.1, 0.15) is 5.75 Å². The number of fused-ring (bicyclic) bond motifs is 1. The molecule has 1 aliphatic carbocycles. The highest BCUT2D eigenvalue weighted by Gasteiger charge is 2.26. The van der Waals surface area contributed by atoms with Gasteiger partial charge in [0.2, 0.25) is 0 Å². The summed E-state index contributed by atoms with van der Waals surface area (Å²) in [5.41, 5.74) is 7.33. The Kier molecular flexibility index (Phi) is 5.44. The molecule has 4 rings (SSSR count). The Morgan fingerprint density at radius 1 is 1.08 bits per heavy atom. The van der Waals surface area contributed by atoms with E-state index in [1.54, 1.807) is 7.11 Å². The number of nitrogens with two attached hydrogens (primary N) is 1. The second-order valence-electron chi connectivity index (χ2n) is 7.87. The fourth-order valence-corrected chi connectivity index (χ4v) is 4.38. The fraction of sp³-hybridized carbons (Fsp3) is 0.545. The van der Waals surface area contributed by atoms with Crippen LogP contribution in [-0.4, -0.2) is 44.3 Å². The van der Waals surface area contributed by atoms with E-state index in [2.05, 4.69) is 35.2 Å². The predicted octanol–water partition coefficient (Wildman–Crippen LogP) is 3.74. The van der Waals surface area contributed by atoms with E-state index in [1.165, 1.54) is 48.6 Å². The van der Waals surface area contributed by atoms with Gasteiger partial charge in [-0.1, -0.05) is 18.2 Å². The Morgan fingerprint density at radius 2 is 1.85 bits per heavy atom. The Bertz CT molecular complexity index is 740. The van der Waals surface area contributed by atoms with Crippen LogP contribution in [0.5, 0.6) is 5.75 Å². The van der Waals surface area contributed by atoms with Crippen molar-refractivity contribution in [2.24, 2.45) is 11.7 Å². The minimum absolute atomic E-state index is 0.168. The number of nitrogens with zero attached hydrogens (tertiary/aromatic N) is 1. The topological polar surface area (TPSA) is 47.7 Å². The lowest BCUT2D eigenvalue weighted by Crippen LogP contribution is -2.42. The van der Waals surface area contributed by atoms with Crippen LogP contribution in [0.2, 0.25) is 0 Å². The maximum atomic E-state index is 6.11. The largest absolute Gasteiger partial charge is 0.497 e. The van der Waals surface area contributed by atoms with Gasteiger partial charge in [0, 0.05) is 25.7 Å². The Morgan fingerprint density at radius 3 is 2.65 bits per heavy atom. The van der Waals surface area contributed by atoms with Crippen molar-refractivity contribution in [1.82, 2.24) is 4.90 Å². The smallest absolute Gasteiger partial charge is 0.119 e. The molecule has 1 aliphatic heterocycles. The molecule has 0 amide bonds. The molecule has 1 heterocycles. The molecular weight excluding hydrogens is 324 g/mol. The summed E-state index contributed by atoms with van der Waals surface area (Å²) in [5.74, 6) is 1.70. The van der Waals surface area contributed by atoms with Crippen LogP contribution < -0.4 is 10.5 Å². The molecule has 1 saturated heterocycles. The number of benzene rings is 2. The summed E-state index contributed by atoms with van der Waals surface area (Å²) < 4.78 is 11.4. The SMILES string of the molecule is COc1ccc2cc([C@@H]3CN(CC4CCC(N)CC4)CCO3)ccc2c1. The quantitative estimate of drug-likeness (QED) is 0.909. The molecule has 2 fully saturated rings. The summed E-state index contributed by atoms with van der Waals surface area (Å²) in [5, 5.41) is 2.45. The van der Waals surface area contributed by atoms with Crippen LogP contribution in [0.4, 0.5) is 0 Å². The van der Waals surface area contributed by atoms with Crippen molar-refractivity contribution in [1.29, 1.82) is 0 Å². The summed E-state index contributed by atoms with van der Waals surface area (Å²) in [7, 11) is 1.71. The van der Waals surface area contributed by atoms with Gasteiger partial charge < -0.3 is 15.2 Å². The van der Waals surface area contributed by atoms with E-state index < -0.39 is 0 Å². The first-order chi connectivity index (χ1) is 12.7. The van der Waals surface area contributed by atoms with Gasteiger partial charge in [0.25, 0.3) is 0 Å². The van der Waals surface area contributed by atoms with Crippen LogP contribution in [0, 0.1) is 5.92 Å². The fourth-order valence-electron chi connectivity index (χ4n) is 4.38. The van der Waals surface area contributed by atoms with E-state index >= 15 is 0 Å². The summed E-state index contributed by atoms with van der Waals surface area (Å²) in [6.07, 6.45) is 5.10. The lowest BCUT2D eigenvalue weighted by molar-refractivity contribution is -0.0361. The normalized spacial score (nSPS) is 27.5. The zero-order valence-electron chi connectivity index (χ0n) is 15.7. The molecule has 2 aliphatic rings. The monoisotopic (exact) mass is 354 g/mol. The average Bonchev–Trinajstić information content (AvgIpc) is 2.69. The highest BCUT2D eigenvalue weighted by Crippen LogP contribution is 2.30. The summed E-state index contributed by atoms with van der Waals surface area (Å²) in [6, 6.07) is 13.3. The molecule has 1 saturated carbocycles. The molecule has 4 heteroatoms. The highest BCUT2D eigenvalue weighted by atomic mass is 16.5. The van der Waals surface area contributed by atoms with Gasteiger partial charge in [0.05, 0.1) is 19.8 Å². The van der Waals surface area contributed by atoms with Gasteiger partial charge in [-0.25, -0.2) is 0 Å². The van der Waals surface area contributed by atoms with Crippen LogP contribution in [0.3, 0.4) is 0 Å². The van der Waals surface area contributed by atoms with Gasteiger partial charge >= 0.3 is 0 Å². The van der Waals surface area contributed by atoms with Crippen LogP contribution >= 0.6 is 0 Å². The lowest BCUT2D eigenvalue weighted by atomic mass is 9.86. The van der Waals surface area contributed by atoms with E-state index in [0.717, 1.165) is 31.4 Å². The van der Waals surface area contributed by atoms with E-state index in [-0.39, 0.29) is 6.10 Å². The minimum Gasteiger partial charge on any atom is -0.497 e. The van der Waals surface area contributed by atoms with E-state index in [0.29, 0.717) is 6.04 Å². The minimum atomic E-state index is 0.168. The van der Waals surface area contributed by atoms with Gasteiger partial charge in [0.15, 0.2) is 0 Å². The number of hydrogen-bond acceptors (Lipinski definition) is 4. The van der Waals surface area contributed by atoms with Crippen molar-refractivity contribution in [3.05, 3.63) is 42.0 Å². The third-order valence-electron chi connectivity index (χ3n) is 6.00. The zero-order valence-corrected chi connectivity index (χ0v) is 15.7.